The molecule has 3 rings (SSSR count). The summed E-state index contributed by atoms with van der Waals surface area (Å²) >= 11 is 1.11. The normalized spacial score (nSPS) is 15.6. The van der Waals surface area contributed by atoms with E-state index in [1.54, 1.807) is 20.8 Å². The van der Waals surface area contributed by atoms with Crippen LogP contribution in [-0.4, -0.2) is 45.6 Å². The van der Waals surface area contributed by atoms with Crippen LogP contribution in [0.3, 0.4) is 0 Å². The number of amides is 2. The summed E-state index contributed by atoms with van der Waals surface area (Å²) in [6.07, 6.45) is -9.15. The molecule has 0 saturated carbocycles. The maximum absolute atomic E-state index is 13.4. The number of alkyl halides is 6. The summed E-state index contributed by atoms with van der Waals surface area (Å²) < 4.78 is 82.3. The van der Waals surface area contributed by atoms with Gasteiger partial charge in [-0.25, -0.2) is 4.79 Å². The second-order valence-electron chi connectivity index (χ2n) is 9.75. The predicted octanol–water partition coefficient (Wildman–Crippen LogP) is 5.05. The Morgan fingerprint density at radius 2 is 1.85 bits per heavy atom. The molecule has 1 atom stereocenters. The highest BCUT2D eigenvalue weighted by Gasteiger charge is 2.35. The molecule has 2 aromatic heterocycles. The van der Waals surface area contributed by atoms with Crippen molar-refractivity contribution >= 4 is 23.8 Å². The maximum Gasteiger partial charge on any atom is 0.433 e. The van der Waals surface area contributed by atoms with Crippen molar-refractivity contribution in [3.63, 3.8) is 0 Å². The average Bonchev–Trinajstić information content (AvgIpc) is 3.20. The summed E-state index contributed by atoms with van der Waals surface area (Å²) in [6.45, 7) is 4.41. The number of aromatic nitrogens is 2. The molecule has 0 fully saturated rings. The fourth-order valence-electron chi connectivity index (χ4n) is 3.69. The topological polar surface area (TPSA) is 102 Å². The minimum atomic E-state index is -4.65. The van der Waals surface area contributed by atoms with Gasteiger partial charge in [0.05, 0.1) is 23.7 Å². The third-order valence-corrected chi connectivity index (χ3v) is 6.56. The summed E-state index contributed by atoms with van der Waals surface area (Å²) in [7, 11) is 0. The Kier molecular flexibility index (Phi) is 8.92. The van der Waals surface area contributed by atoms with Crippen LogP contribution in [0.5, 0.6) is 0 Å². The lowest BCUT2D eigenvalue weighted by Crippen LogP contribution is -2.38. The van der Waals surface area contributed by atoms with Gasteiger partial charge < -0.3 is 19.9 Å². The minimum absolute atomic E-state index is 0.0185. The Bertz CT molecular complexity index is 1270. The molecule has 2 aromatic rings. The van der Waals surface area contributed by atoms with E-state index in [4.69, 9.17) is 4.74 Å². The molecule has 0 aliphatic carbocycles. The molecule has 1 aliphatic heterocycles. The Morgan fingerprint density at radius 3 is 2.41 bits per heavy atom. The Balaban J connectivity index is 1.94. The first-order chi connectivity index (χ1) is 17.9. The quantitative estimate of drug-likeness (QED) is 0.351. The summed E-state index contributed by atoms with van der Waals surface area (Å²) in [5, 5.41) is 5.00. The van der Waals surface area contributed by atoms with E-state index in [1.165, 1.54) is 6.20 Å². The van der Waals surface area contributed by atoms with Crippen molar-refractivity contribution in [3.8, 4) is 0 Å². The van der Waals surface area contributed by atoms with Crippen LogP contribution in [0.2, 0.25) is 0 Å². The van der Waals surface area contributed by atoms with Gasteiger partial charge in [0.2, 0.25) is 0 Å². The zero-order chi connectivity index (χ0) is 29.2. The van der Waals surface area contributed by atoms with Gasteiger partial charge in [0, 0.05) is 36.0 Å². The number of halogens is 6. The number of thioether (sulfide) groups is 1. The number of rotatable bonds is 7. The largest absolute Gasteiger partial charge is 0.444 e. The van der Waals surface area contributed by atoms with Crippen LogP contribution in [0.1, 0.15) is 66.8 Å². The third kappa shape index (κ3) is 8.38. The van der Waals surface area contributed by atoms with E-state index in [0.29, 0.717) is 0 Å². The fourth-order valence-corrected chi connectivity index (χ4v) is 4.96. The molecule has 0 radical (unpaired) electrons. The van der Waals surface area contributed by atoms with Gasteiger partial charge in [0.25, 0.3) is 11.5 Å². The molecular weight excluding hydrogens is 554 g/mol. The number of alkyl carbamates (subject to hydrolysis) is 1. The highest BCUT2D eigenvalue weighted by molar-refractivity contribution is 7.99. The molecule has 0 unspecified atom stereocenters. The van der Waals surface area contributed by atoms with Gasteiger partial charge in [0.1, 0.15) is 11.3 Å². The molecule has 0 bridgehead atoms. The SMILES string of the molecule is CC(C)(C)OC(=O)N[C@H]1CSc2c(C(=O)NCCCC(F)(F)F)cn(Cc3ccc(C(F)(F)F)nc3)c(=O)c21. The number of carbonyl (C=O) groups is 2. The summed E-state index contributed by atoms with van der Waals surface area (Å²) in [5.41, 5.74) is -2.28. The monoisotopic (exact) mass is 580 g/mol. The molecule has 0 spiro atoms. The Hall–Kier alpha value is -3.23. The van der Waals surface area contributed by atoms with Crippen LogP contribution in [0, 0.1) is 0 Å². The van der Waals surface area contributed by atoms with Crippen LogP contribution in [0.15, 0.2) is 34.2 Å². The Morgan fingerprint density at radius 1 is 1.15 bits per heavy atom. The third-order valence-electron chi connectivity index (χ3n) is 5.33. The smallest absolute Gasteiger partial charge is 0.433 e. The molecule has 0 saturated heterocycles. The predicted molar refractivity (Wildman–Crippen MR) is 129 cm³/mol. The first kappa shape index (κ1) is 30.3. The number of nitrogens with one attached hydrogen (secondary N) is 2. The van der Waals surface area contributed by atoms with Crippen molar-refractivity contribution in [1.82, 2.24) is 20.2 Å². The van der Waals surface area contributed by atoms with Crippen molar-refractivity contribution in [3.05, 3.63) is 57.3 Å². The molecule has 2 N–H and O–H groups in total. The van der Waals surface area contributed by atoms with E-state index in [9.17, 15) is 40.7 Å². The van der Waals surface area contributed by atoms with Crippen LogP contribution in [0.25, 0.3) is 0 Å². The number of ether oxygens (including phenoxy) is 1. The second-order valence-corrected chi connectivity index (χ2v) is 10.8. The summed E-state index contributed by atoms with van der Waals surface area (Å²) in [4.78, 5) is 42.4. The van der Waals surface area contributed by atoms with Gasteiger partial charge in [-0.1, -0.05) is 6.07 Å². The van der Waals surface area contributed by atoms with Crippen LogP contribution < -0.4 is 16.2 Å². The second kappa shape index (κ2) is 11.5. The lowest BCUT2D eigenvalue weighted by atomic mass is 10.1. The molecule has 8 nitrogen and oxygen atoms in total. The molecular formula is C24H26F6N4O4S. The van der Waals surface area contributed by atoms with Gasteiger partial charge in [0.15, 0.2) is 0 Å². The zero-order valence-corrected chi connectivity index (χ0v) is 21.9. The van der Waals surface area contributed by atoms with E-state index >= 15 is 0 Å². The number of pyridine rings is 2. The van der Waals surface area contributed by atoms with Crippen molar-refractivity contribution in [2.24, 2.45) is 0 Å². The van der Waals surface area contributed by atoms with Crippen molar-refractivity contribution in [2.75, 3.05) is 12.3 Å². The number of fused-ring (bicyclic) bond motifs is 1. The highest BCUT2D eigenvalue weighted by atomic mass is 32.2. The van der Waals surface area contributed by atoms with E-state index < -0.39 is 53.7 Å². The lowest BCUT2D eigenvalue weighted by molar-refractivity contribution is -0.141. The van der Waals surface area contributed by atoms with Crippen molar-refractivity contribution in [1.29, 1.82) is 0 Å². The van der Waals surface area contributed by atoms with E-state index in [0.717, 1.165) is 34.7 Å². The summed E-state index contributed by atoms with van der Waals surface area (Å²) in [5.74, 6) is -0.567. The lowest BCUT2D eigenvalue weighted by Gasteiger charge is -2.22. The molecule has 214 valence electrons. The van der Waals surface area contributed by atoms with Crippen LogP contribution >= 0.6 is 11.8 Å². The summed E-state index contributed by atoms with van der Waals surface area (Å²) in [6, 6.07) is 1.03. The fraction of sp³-hybridized carbons (Fsp3) is 0.500. The number of nitrogens with zero attached hydrogens (tertiary/aromatic N) is 2. The van der Waals surface area contributed by atoms with E-state index in [1.807, 2.05) is 0 Å². The van der Waals surface area contributed by atoms with Crippen LogP contribution in [-0.2, 0) is 17.5 Å². The zero-order valence-electron chi connectivity index (χ0n) is 21.1. The molecule has 2 amide bonds. The minimum Gasteiger partial charge on any atom is -0.444 e. The molecule has 15 heteroatoms. The van der Waals surface area contributed by atoms with E-state index in [-0.39, 0.29) is 46.8 Å². The van der Waals surface area contributed by atoms with Gasteiger partial charge in [-0.3, -0.25) is 14.6 Å². The maximum atomic E-state index is 13.4. The first-order valence-electron chi connectivity index (χ1n) is 11.7. The van der Waals surface area contributed by atoms with Crippen molar-refractivity contribution in [2.45, 2.75) is 69.0 Å². The Labute approximate surface area is 223 Å². The van der Waals surface area contributed by atoms with Gasteiger partial charge in [-0.05, 0) is 38.8 Å². The molecule has 1 aliphatic rings. The number of hydrogen-bond donors (Lipinski definition) is 2. The number of hydrogen-bond acceptors (Lipinski definition) is 6. The standard InChI is InChI=1S/C24H26F6N4O4S/c1-22(2,3)38-21(37)33-15-12-39-18-14(19(35)31-8-4-7-23(25,26)27)11-34(20(36)17(15)18)10-13-5-6-16(32-9-13)24(28,29)30/h5-6,9,11,15H,4,7-8,10,12H2,1-3H3,(H,31,35)(H,33,37)/t15-/m0/s1. The first-order valence-corrected chi connectivity index (χ1v) is 12.7. The van der Waals surface area contributed by atoms with Gasteiger partial charge >= 0.3 is 18.4 Å². The molecule has 39 heavy (non-hydrogen) atoms. The van der Waals surface area contributed by atoms with Gasteiger partial charge in [-0.2, -0.15) is 26.3 Å². The van der Waals surface area contributed by atoms with Crippen molar-refractivity contribution < 1.29 is 40.7 Å². The highest BCUT2D eigenvalue weighted by Crippen LogP contribution is 2.39. The van der Waals surface area contributed by atoms with Gasteiger partial charge in [-0.15, -0.1) is 11.8 Å². The van der Waals surface area contributed by atoms with E-state index in [2.05, 4.69) is 15.6 Å². The number of carbonyl (C=O) groups excluding carboxylic acids is 2. The molecule has 0 aromatic carbocycles. The molecule has 3 heterocycles. The average molecular weight is 581 g/mol. The van der Waals surface area contributed by atoms with Crippen LogP contribution in [0.4, 0.5) is 31.1 Å².